The Morgan fingerprint density at radius 3 is 2.43 bits per heavy atom. The van der Waals surface area contributed by atoms with Crippen LogP contribution >= 0.6 is 28.1 Å². The normalized spacial score (nSPS) is 11.4. The van der Waals surface area contributed by atoms with Gasteiger partial charge in [-0.1, -0.05) is 58.4 Å². The molecule has 0 fully saturated rings. The maximum absolute atomic E-state index is 12.2. The van der Waals surface area contributed by atoms with Crippen molar-refractivity contribution in [1.82, 2.24) is 16.2 Å². The molecule has 1 unspecified atom stereocenters. The van der Waals surface area contributed by atoms with Gasteiger partial charge in [0.25, 0.3) is 0 Å². The fraction of sp³-hybridized carbons (Fsp3) is 0.176. The van der Waals surface area contributed by atoms with E-state index in [0.29, 0.717) is 11.5 Å². The van der Waals surface area contributed by atoms with Crippen LogP contribution in [0.4, 0.5) is 0 Å². The Morgan fingerprint density at radius 2 is 1.78 bits per heavy atom. The third-order valence-electron chi connectivity index (χ3n) is 3.39. The highest BCUT2D eigenvalue weighted by atomic mass is 79.9. The van der Waals surface area contributed by atoms with E-state index in [4.69, 9.17) is 12.2 Å². The van der Waals surface area contributed by atoms with E-state index in [9.17, 15) is 4.79 Å². The van der Waals surface area contributed by atoms with E-state index in [0.717, 1.165) is 15.6 Å². The zero-order valence-corrected chi connectivity index (χ0v) is 15.1. The van der Waals surface area contributed by atoms with Gasteiger partial charge >= 0.3 is 0 Å². The fourth-order valence-electron chi connectivity index (χ4n) is 2.26. The van der Waals surface area contributed by atoms with Gasteiger partial charge in [0.15, 0.2) is 5.11 Å². The van der Waals surface area contributed by atoms with Crippen LogP contribution in [-0.4, -0.2) is 18.1 Å². The first-order valence-corrected chi connectivity index (χ1v) is 8.37. The molecule has 0 radical (unpaired) electrons. The Hall–Kier alpha value is -1.92. The summed E-state index contributed by atoms with van der Waals surface area (Å²) in [7, 11) is 1.69. The van der Waals surface area contributed by atoms with Crippen LogP contribution in [-0.2, 0) is 4.79 Å². The topological polar surface area (TPSA) is 53.2 Å². The minimum absolute atomic E-state index is 0.0290. The molecular weight excluding hydrogens is 374 g/mol. The average Bonchev–Trinajstić information content (AvgIpc) is 2.58. The molecule has 3 N–H and O–H groups in total. The minimum atomic E-state index is -0.128. The second-order valence-electron chi connectivity index (χ2n) is 4.97. The van der Waals surface area contributed by atoms with E-state index in [1.807, 2.05) is 54.6 Å². The van der Waals surface area contributed by atoms with Crippen molar-refractivity contribution in [3.63, 3.8) is 0 Å². The lowest BCUT2D eigenvalue weighted by Crippen LogP contribution is -2.45. The summed E-state index contributed by atoms with van der Waals surface area (Å²) >= 11 is 8.44. The van der Waals surface area contributed by atoms with Crippen molar-refractivity contribution in [3.05, 3.63) is 70.2 Å². The number of halogens is 1. The number of thiocarbonyl (C=S) groups is 1. The number of hydrazine groups is 1. The molecule has 6 heteroatoms. The largest absolute Gasteiger partial charge is 0.364 e. The minimum Gasteiger partial charge on any atom is -0.364 e. The number of benzene rings is 2. The molecule has 1 atom stereocenters. The predicted octanol–water partition coefficient (Wildman–Crippen LogP) is 3.10. The van der Waals surface area contributed by atoms with Gasteiger partial charge in [-0.15, -0.1) is 0 Å². The maximum atomic E-state index is 12.2. The van der Waals surface area contributed by atoms with Crippen LogP contribution in [0.25, 0.3) is 0 Å². The molecule has 4 nitrogen and oxygen atoms in total. The molecule has 0 bridgehead atoms. The van der Waals surface area contributed by atoms with Crippen molar-refractivity contribution in [1.29, 1.82) is 0 Å². The number of hydrogen-bond donors (Lipinski definition) is 3. The standard InChI is InChI=1S/C17H18BrN3OS/c1-19-17(23)21-20-16(22)11-15(12-6-3-2-4-7-12)13-8-5-9-14(18)10-13/h2-10,15H,11H2,1H3,(H,20,22)(H2,19,21,23). The molecule has 0 aliphatic carbocycles. The van der Waals surface area contributed by atoms with Crippen molar-refractivity contribution in [2.75, 3.05) is 7.05 Å². The van der Waals surface area contributed by atoms with Crippen LogP contribution in [0, 0.1) is 0 Å². The molecule has 2 rings (SSSR count). The summed E-state index contributed by atoms with van der Waals surface area (Å²) < 4.78 is 0.992. The lowest BCUT2D eigenvalue weighted by Gasteiger charge is -2.18. The molecule has 23 heavy (non-hydrogen) atoms. The highest BCUT2D eigenvalue weighted by molar-refractivity contribution is 9.10. The van der Waals surface area contributed by atoms with E-state index in [2.05, 4.69) is 32.1 Å². The molecule has 0 heterocycles. The summed E-state index contributed by atoms with van der Waals surface area (Å²) in [6.07, 6.45) is 0.319. The Balaban J connectivity index is 2.18. The Labute approximate surface area is 149 Å². The number of carbonyl (C=O) groups excluding carboxylic acids is 1. The monoisotopic (exact) mass is 391 g/mol. The Bertz CT molecular complexity index is 679. The second kappa shape index (κ2) is 8.64. The zero-order chi connectivity index (χ0) is 16.7. The quantitative estimate of drug-likeness (QED) is 0.553. The van der Waals surface area contributed by atoms with Gasteiger partial charge < -0.3 is 5.32 Å². The molecule has 0 aromatic heterocycles. The van der Waals surface area contributed by atoms with Crippen molar-refractivity contribution in [2.45, 2.75) is 12.3 Å². The third kappa shape index (κ3) is 5.33. The zero-order valence-electron chi connectivity index (χ0n) is 12.7. The fourth-order valence-corrected chi connectivity index (χ4v) is 2.73. The Kier molecular flexibility index (Phi) is 6.55. The number of carbonyl (C=O) groups is 1. The van der Waals surface area contributed by atoms with Crippen LogP contribution in [0.2, 0.25) is 0 Å². The van der Waals surface area contributed by atoms with Gasteiger partial charge in [-0.05, 0) is 35.5 Å². The van der Waals surface area contributed by atoms with Crippen LogP contribution in [0.1, 0.15) is 23.5 Å². The first-order valence-electron chi connectivity index (χ1n) is 7.17. The van der Waals surface area contributed by atoms with Gasteiger partial charge in [-0.2, -0.15) is 0 Å². The highest BCUT2D eigenvalue weighted by Gasteiger charge is 2.18. The number of nitrogens with one attached hydrogen (secondary N) is 3. The molecular formula is C17H18BrN3OS. The predicted molar refractivity (Wildman–Crippen MR) is 100.0 cm³/mol. The molecule has 0 spiro atoms. The first-order chi connectivity index (χ1) is 11.1. The second-order valence-corrected chi connectivity index (χ2v) is 6.30. The van der Waals surface area contributed by atoms with E-state index in [1.54, 1.807) is 7.05 Å². The number of rotatable bonds is 4. The molecule has 120 valence electrons. The van der Waals surface area contributed by atoms with E-state index >= 15 is 0 Å². The van der Waals surface area contributed by atoms with Crippen molar-refractivity contribution < 1.29 is 4.79 Å². The number of hydrogen-bond acceptors (Lipinski definition) is 2. The summed E-state index contributed by atoms with van der Waals surface area (Å²) in [5, 5.41) is 3.12. The summed E-state index contributed by atoms with van der Waals surface area (Å²) in [5.41, 5.74) is 7.45. The lowest BCUT2D eigenvalue weighted by molar-refractivity contribution is -0.121. The summed E-state index contributed by atoms with van der Waals surface area (Å²) in [5.74, 6) is -0.157. The van der Waals surface area contributed by atoms with Gasteiger partial charge in [0.2, 0.25) is 5.91 Å². The SMILES string of the molecule is CNC(=S)NNC(=O)CC(c1ccccc1)c1cccc(Br)c1. The van der Waals surface area contributed by atoms with Gasteiger partial charge in [0, 0.05) is 23.9 Å². The molecule has 0 aliphatic rings. The molecule has 2 aromatic rings. The molecule has 1 amide bonds. The lowest BCUT2D eigenvalue weighted by atomic mass is 9.88. The van der Waals surface area contributed by atoms with Crippen molar-refractivity contribution in [3.8, 4) is 0 Å². The summed E-state index contributed by atoms with van der Waals surface area (Å²) in [6.45, 7) is 0. The number of amides is 1. The highest BCUT2D eigenvalue weighted by Crippen LogP contribution is 2.29. The van der Waals surface area contributed by atoms with Gasteiger partial charge in [0.05, 0.1) is 0 Å². The van der Waals surface area contributed by atoms with Crippen LogP contribution in [0.3, 0.4) is 0 Å². The van der Waals surface area contributed by atoms with Crippen LogP contribution < -0.4 is 16.2 Å². The van der Waals surface area contributed by atoms with Gasteiger partial charge in [0.1, 0.15) is 0 Å². The summed E-state index contributed by atoms with van der Waals surface area (Å²) in [6, 6.07) is 18.0. The first kappa shape index (κ1) is 17.4. The molecule has 0 aliphatic heterocycles. The summed E-state index contributed by atoms with van der Waals surface area (Å²) in [4.78, 5) is 12.2. The third-order valence-corrected chi connectivity index (χ3v) is 4.18. The molecule has 0 saturated heterocycles. The van der Waals surface area contributed by atoms with Crippen molar-refractivity contribution in [2.24, 2.45) is 0 Å². The van der Waals surface area contributed by atoms with Crippen LogP contribution in [0.15, 0.2) is 59.1 Å². The Morgan fingerprint density at radius 1 is 1.09 bits per heavy atom. The maximum Gasteiger partial charge on any atom is 0.239 e. The molecule has 0 saturated carbocycles. The van der Waals surface area contributed by atoms with Crippen LogP contribution in [0.5, 0.6) is 0 Å². The van der Waals surface area contributed by atoms with Crippen molar-refractivity contribution >= 4 is 39.2 Å². The smallest absolute Gasteiger partial charge is 0.239 e. The molecule has 2 aromatic carbocycles. The average molecular weight is 392 g/mol. The van der Waals surface area contributed by atoms with E-state index < -0.39 is 0 Å². The van der Waals surface area contributed by atoms with E-state index in [-0.39, 0.29) is 11.8 Å². The van der Waals surface area contributed by atoms with Gasteiger partial charge in [-0.25, -0.2) is 0 Å². The van der Waals surface area contributed by atoms with E-state index in [1.165, 1.54) is 0 Å². The van der Waals surface area contributed by atoms with Gasteiger partial charge in [-0.3, -0.25) is 15.6 Å².